The number of halogens is 2. The number of hydrogen-bond acceptors (Lipinski definition) is 5. The van der Waals surface area contributed by atoms with Crippen LogP contribution in [0.15, 0.2) is 60.9 Å². The molecule has 0 saturated heterocycles. The number of ether oxygens (including phenoxy) is 2. The van der Waals surface area contributed by atoms with E-state index in [0.29, 0.717) is 5.95 Å². The van der Waals surface area contributed by atoms with E-state index in [2.05, 4.69) is 20.1 Å². The quantitative estimate of drug-likeness (QED) is 0.737. The van der Waals surface area contributed by atoms with Crippen molar-refractivity contribution in [2.75, 3.05) is 12.4 Å². The first-order chi connectivity index (χ1) is 13.2. The molecule has 1 aromatic heterocycles. The monoisotopic (exact) mass is 370 g/mol. The Balaban J connectivity index is 1.73. The fraction of sp³-hybridized carbons (Fsp3) is 0.158. The lowest BCUT2D eigenvalue weighted by molar-refractivity contribution is -0.0498. The van der Waals surface area contributed by atoms with Crippen LogP contribution in [0.1, 0.15) is 17.2 Å². The summed E-state index contributed by atoms with van der Waals surface area (Å²) in [5.41, 5.74) is 2.53. The zero-order valence-corrected chi connectivity index (χ0v) is 14.3. The van der Waals surface area contributed by atoms with E-state index in [1.54, 1.807) is 23.9 Å². The molecule has 0 aliphatic carbocycles. The number of hydrogen-bond donors (Lipinski definition) is 1. The Morgan fingerprint density at radius 2 is 1.89 bits per heavy atom. The molecular weight excluding hydrogens is 354 g/mol. The van der Waals surface area contributed by atoms with E-state index >= 15 is 0 Å². The van der Waals surface area contributed by atoms with Gasteiger partial charge in [0.2, 0.25) is 5.95 Å². The number of alkyl halides is 2. The van der Waals surface area contributed by atoms with Gasteiger partial charge in [-0.25, -0.2) is 4.68 Å². The van der Waals surface area contributed by atoms with Gasteiger partial charge in [-0.05, 0) is 42.0 Å². The molecule has 27 heavy (non-hydrogen) atoms. The first kappa shape index (κ1) is 17.0. The molecule has 0 fully saturated rings. The molecule has 0 spiro atoms. The van der Waals surface area contributed by atoms with Crippen LogP contribution in [0.4, 0.5) is 14.7 Å². The lowest BCUT2D eigenvalue weighted by Gasteiger charge is -2.25. The van der Waals surface area contributed by atoms with Gasteiger partial charge in [0.1, 0.15) is 23.9 Å². The fourth-order valence-corrected chi connectivity index (χ4v) is 3.05. The predicted molar refractivity (Wildman–Crippen MR) is 95.8 cm³/mol. The summed E-state index contributed by atoms with van der Waals surface area (Å²) < 4.78 is 36.3. The molecule has 0 radical (unpaired) electrons. The molecule has 1 N–H and O–H groups in total. The fourth-order valence-electron chi connectivity index (χ4n) is 3.05. The molecule has 2 aromatic carbocycles. The standard InChI is InChI=1S/C19H16F2N4O2/c1-26-17-5-3-2-4-14(17)16-10-15(24-19-22-11-23-25(16)19)12-6-8-13(9-7-12)27-18(20)21/h2-11,16,18H,1H3,(H,22,23,24). The normalized spacial score (nSPS) is 15.7. The summed E-state index contributed by atoms with van der Waals surface area (Å²) in [4.78, 5) is 4.26. The Morgan fingerprint density at radius 1 is 1.11 bits per heavy atom. The molecule has 1 aliphatic rings. The zero-order valence-electron chi connectivity index (χ0n) is 14.3. The minimum Gasteiger partial charge on any atom is -0.496 e. The van der Waals surface area contributed by atoms with Gasteiger partial charge in [0.05, 0.1) is 7.11 Å². The number of fused-ring (bicyclic) bond motifs is 1. The van der Waals surface area contributed by atoms with Crippen LogP contribution in [0.25, 0.3) is 5.70 Å². The van der Waals surface area contributed by atoms with Gasteiger partial charge in [-0.3, -0.25) is 0 Å². The lowest BCUT2D eigenvalue weighted by atomic mass is 10.0. The highest BCUT2D eigenvalue weighted by atomic mass is 19.3. The van der Waals surface area contributed by atoms with Crippen molar-refractivity contribution < 1.29 is 18.3 Å². The zero-order chi connectivity index (χ0) is 18.8. The maximum atomic E-state index is 12.3. The Bertz CT molecular complexity index is 970. The highest BCUT2D eigenvalue weighted by Crippen LogP contribution is 2.36. The van der Waals surface area contributed by atoms with E-state index in [1.165, 1.54) is 18.5 Å². The number of methoxy groups -OCH3 is 1. The van der Waals surface area contributed by atoms with Crippen LogP contribution in [-0.2, 0) is 0 Å². The van der Waals surface area contributed by atoms with Crippen LogP contribution in [0, 0.1) is 0 Å². The van der Waals surface area contributed by atoms with Crippen molar-refractivity contribution in [3.05, 3.63) is 72.1 Å². The molecule has 0 saturated carbocycles. The minimum absolute atomic E-state index is 0.106. The number of para-hydroxylation sites is 1. The molecule has 0 bridgehead atoms. The van der Waals surface area contributed by atoms with E-state index in [-0.39, 0.29) is 11.8 Å². The van der Waals surface area contributed by atoms with Crippen molar-refractivity contribution >= 4 is 11.6 Å². The summed E-state index contributed by atoms with van der Waals surface area (Å²) in [6.07, 6.45) is 3.46. The molecular formula is C19H16F2N4O2. The minimum atomic E-state index is -2.85. The molecule has 1 aliphatic heterocycles. The Kier molecular flexibility index (Phi) is 4.45. The number of anilines is 1. The topological polar surface area (TPSA) is 61.2 Å². The third kappa shape index (κ3) is 3.33. The van der Waals surface area contributed by atoms with Crippen LogP contribution >= 0.6 is 0 Å². The van der Waals surface area contributed by atoms with E-state index in [0.717, 1.165) is 22.6 Å². The van der Waals surface area contributed by atoms with Crippen molar-refractivity contribution in [2.24, 2.45) is 0 Å². The lowest BCUT2D eigenvalue weighted by Crippen LogP contribution is -2.20. The molecule has 0 amide bonds. The summed E-state index contributed by atoms with van der Waals surface area (Å²) in [5.74, 6) is 1.42. The first-order valence-corrected chi connectivity index (χ1v) is 8.22. The molecule has 138 valence electrons. The van der Waals surface area contributed by atoms with Gasteiger partial charge in [0.25, 0.3) is 0 Å². The first-order valence-electron chi connectivity index (χ1n) is 8.22. The van der Waals surface area contributed by atoms with Crippen LogP contribution in [0.2, 0.25) is 0 Å². The molecule has 1 unspecified atom stereocenters. The number of aromatic nitrogens is 3. The van der Waals surface area contributed by atoms with Crippen LogP contribution in [-0.4, -0.2) is 28.5 Å². The number of allylic oxidation sites excluding steroid dienone is 1. The SMILES string of the molecule is COc1ccccc1C1C=C(c2ccc(OC(F)F)cc2)Nc2ncnn21. The van der Waals surface area contributed by atoms with Gasteiger partial charge < -0.3 is 14.8 Å². The van der Waals surface area contributed by atoms with E-state index in [1.807, 2.05) is 30.3 Å². The summed E-state index contributed by atoms with van der Waals surface area (Å²) in [7, 11) is 1.62. The van der Waals surface area contributed by atoms with Gasteiger partial charge in [-0.1, -0.05) is 18.2 Å². The van der Waals surface area contributed by atoms with Crippen molar-refractivity contribution in [3.63, 3.8) is 0 Å². The molecule has 2 heterocycles. The predicted octanol–water partition coefficient (Wildman–Crippen LogP) is 3.94. The Labute approximate surface area is 154 Å². The van der Waals surface area contributed by atoms with E-state index in [9.17, 15) is 8.78 Å². The van der Waals surface area contributed by atoms with Crippen molar-refractivity contribution in [1.82, 2.24) is 14.8 Å². The Hall–Kier alpha value is -3.42. The second-order valence-corrected chi connectivity index (χ2v) is 5.82. The van der Waals surface area contributed by atoms with Crippen molar-refractivity contribution in [2.45, 2.75) is 12.7 Å². The number of nitrogens with one attached hydrogen (secondary N) is 1. The Morgan fingerprint density at radius 3 is 2.63 bits per heavy atom. The third-order valence-electron chi connectivity index (χ3n) is 4.26. The van der Waals surface area contributed by atoms with Crippen molar-refractivity contribution in [1.29, 1.82) is 0 Å². The van der Waals surface area contributed by atoms with Gasteiger partial charge in [0.15, 0.2) is 0 Å². The average molecular weight is 370 g/mol. The van der Waals surface area contributed by atoms with Crippen LogP contribution < -0.4 is 14.8 Å². The highest BCUT2D eigenvalue weighted by Gasteiger charge is 2.25. The van der Waals surface area contributed by atoms with Crippen LogP contribution in [0.5, 0.6) is 11.5 Å². The second-order valence-electron chi connectivity index (χ2n) is 5.82. The van der Waals surface area contributed by atoms with Gasteiger partial charge >= 0.3 is 6.61 Å². The summed E-state index contributed by atoms with van der Waals surface area (Å²) in [6.45, 7) is -2.85. The maximum absolute atomic E-state index is 12.3. The van der Waals surface area contributed by atoms with E-state index in [4.69, 9.17) is 4.74 Å². The highest BCUT2D eigenvalue weighted by molar-refractivity contribution is 5.77. The summed E-state index contributed by atoms with van der Waals surface area (Å²) >= 11 is 0. The molecule has 1 atom stereocenters. The number of benzene rings is 2. The smallest absolute Gasteiger partial charge is 0.387 e. The van der Waals surface area contributed by atoms with Gasteiger partial charge in [0, 0.05) is 11.3 Å². The molecule has 8 heteroatoms. The van der Waals surface area contributed by atoms with Gasteiger partial charge in [-0.2, -0.15) is 18.9 Å². The average Bonchev–Trinajstić information content (AvgIpc) is 3.16. The van der Waals surface area contributed by atoms with Crippen LogP contribution in [0.3, 0.4) is 0 Å². The van der Waals surface area contributed by atoms with Crippen molar-refractivity contribution in [3.8, 4) is 11.5 Å². The largest absolute Gasteiger partial charge is 0.496 e. The second kappa shape index (κ2) is 7.06. The number of nitrogens with zero attached hydrogens (tertiary/aromatic N) is 3. The molecule has 3 aromatic rings. The molecule has 6 nitrogen and oxygen atoms in total. The molecule has 4 rings (SSSR count). The third-order valence-corrected chi connectivity index (χ3v) is 4.26. The summed E-state index contributed by atoms with van der Waals surface area (Å²) in [6, 6.07) is 13.9. The maximum Gasteiger partial charge on any atom is 0.387 e. The van der Waals surface area contributed by atoms with E-state index < -0.39 is 6.61 Å². The van der Waals surface area contributed by atoms with Gasteiger partial charge in [-0.15, -0.1) is 0 Å². The summed E-state index contributed by atoms with van der Waals surface area (Å²) in [5, 5.41) is 7.52. The number of rotatable bonds is 5.